The van der Waals surface area contributed by atoms with Crippen molar-refractivity contribution in [2.75, 3.05) is 0 Å². The summed E-state index contributed by atoms with van der Waals surface area (Å²) in [6.45, 7) is 2.14. The van der Waals surface area contributed by atoms with Gasteiger partial charge in [-0.3, -0.25) is 14.3 Å². The average Bonchev–Trinajstić information content (AvgIpc) is 3.49. The number of hydrogen-bond acceptors (Lipinski definition) is 7. The number of aryl methyl sites for hydroxylation is 3. The van der Waals surface area contributed by atoms with E-state index in [1.165, 1.54) is 34.2 Å². The van der Waals surface area contributed by atoms with E-state index in [1.807, 2.05) is 12.1 Å². The molecule has 6 rings (SSSR count). The largest absolute Gasteiger partial charge is 0.309 e. The van der Waals surface area contributed by atoms with Crippen LogP contribution in [0.1, 0.15) is 41.6 Å². The first-order chi connectivity index (χ1) is 17.2. The molecule has 0 aliphatic heterocycles. The molecule has 1 aromatic carbocycles. The molecule has 0 unspecified atom stereocenters. The van der Waals surface area contributed by atoms with Crippen LogP contribution >= 0.6 is 23.1 Å². The Morgan fingerprint density at radius 2 is 1.86 bits per heavy atom. The lowest BCUT2D eigenvalue weighted by atomic mass is 9.97. The Balaban J connectivity index is 1.35. The second-order valence-corrected chi connectivity index (χ2v) is 10.6. The van der Waals surface area contributed by atoms with E-state index in [-0.39, 0.29) is 5.56 Å². The molecule has 4 aromatic heterocycles. The van der Waals surface area contributed by atoms with Crippen molar-refractivity contribution in [3.63, 3.8) is 0 Å². The molecule has 1 aliphatic rings. The molecule has 1 N–H and O–H groups in total. The summed E-state index contributed by atoms with van der Waals surface area (Å²) in [5.41, 5.74) is 4.39. The maximum atomic E-state index is 12.9. The van der Waals surface area contributed by atoms with Crippen molar-refractivity contribution in [2.45, 2.75) is 49.9 Å². The van der Waals surface area contributed by atoms with Crippen LogP contribution in [0, 0.1) is 0 Å². The number of nitrogens with one attached hydrogen (secondary N) is 1. The van der Waals surface area contributed by atoms with Gasteiger partial charge < -0.3 is 4.98 Å². The summed E-state index contributed by atoms with van der Waals surface area (Å²) < 4.78 is 2.06. The zero-order valence-corrected chi connectivity index (χ0v) is 21.0. The predicted octanol–water partition coefficient (Wildman–Crippen LogP) is 5.36. The third kappa shape index (κ3) is 4.19. The first-order valence-electron chi connectivity index (χ1n) is 11.8. The Morgan fingerprint density at radius 1 is 1.06 bits per heavy atom. The highest BCUT2D eigenvalue weighted by Gasteiger charge is 2.21. The Kier molecular flexibility index (Phi) is 5.95. The number of H-pyrrole nitrogens is 1. The summed E-state index contributed by atoms with van der Waals surface area (Å²) in [4.78, 5) is 27.1. The van der Waals surface area contributed by atoms with Gasteiger partial charge in [0.2, 0.25) is 0 Å². The van der Waals surface area contributed by atoms with Gasteiger partial charge in [0.25, 0.3) is 5.56 Å². The van der Waals surface area contributed by atoms with Crippen LogP contribution in [0.4, 0.5) is 0 Å². The molecule has 35 heavy (non-hydrogen) atoms. The van der Waals surface area contributed by atoms with Gasteiger partial charge in [0.15, 0.2) is 11.0 Å². The van der Waals surface area contributed by atoms with E-state index >= 15 is 0 Å². The number of benzene rings is 1. The normalized spacial score (nSPS) is 13.3. The van der Waals surface area contributed by atoms with Gasteiger partial charge in [-0.1, -0.05) is 30.8 Å². The van der Waals surface area contributed by atoms with Crippen LogP contribution in [-0.4, -0.2) is 29.7 Å². The fourth-order valence-electron chi connectivity index (χ4n) is 4.57. The average molecular weight is 501 g/mol. The molecule has 5 aromatic rings. The fourth-order valence-corrected chi connectivity index (χ4v) is 6.68. The lowest BCUT2D eigenvalue weighted by molar-refractivity contribution is 0.700. The number of rotatable bonds is 6. The van der Waals surface area contributed by atoms with Crippen LogP contribution in [0.25, 0.3) is 27.3 Å². The van der Waals surface area contributed by atoms with Crippen LogP contribution in [0.2, 0.25) is 0 Å². The van der Waals surface area contributed by atoms with Crippen LogP contribution in [0.5, 0.6) is 0 Å². The monoisotopic (exact) mass is 500 g/mol. The quantitative estimate of drug-likeness (QED) is 0.316. The highest BCUT2D eigenvalue weighted by molar-refractivity contribution is 7.98. The molecule has 7 nitrogen and oxygen atoms in total. The van der Waals surface area contributed by atoms with E-state index in [1.54, 1.807) is 23.7 Å². The number of fused-ring (bicyclic) bond motifs is 3. The predicted molar refractivity (Wildman–Crippen MR) is 140 cm³/mol. The molecule has 0 spiro atoms. The summed E-state index contributed by atoms with van der Waals surface area (Å²) in [6, 6.07) is 12.3. The zero-order chi connectivity index (χ0) is 23.8. The second-order valence-electron chi connectivity index (χ2n) is 8.59. The molecule has 0 bridgehead atoms. The first kappa shape index (κ1) is 22.2. The van der Waals surface area contributed by atoms with E-state index in [9.17, 15) is 4.79 Å². The molecular formula is C26H24N6OS2. The minimum absolute atomic E-state index is 0.0286. The molecular weight excluding hydrogens is 476 g/mol. The van der Waals surface area contributed by atoms with Crippen LogP contribution in [0.15, 0.2) is 58.7 Å². The van der Waals surface area contributed by atoms with E-state index < -0.39 is 0 Å². The molecule has 1 aliphatic carbocycles. The molecule has 0 saturated heterocycles. The Morgan fingerprint density at radius 3 is 2.66 bits per heavy atom. The van der Waals surface area contributed by atoms with Gasteiger partial charge in [-0.25, -0.2) is 4.98 Å². The van der Waals surface area contributed by atoms with Crippen LogP contribution in [-0.2, 0) is 25.0 Å². The van der Waals surface area contributed by atoms with Gasteiger partial charge in [0.05, 0.1) is 11.1 Å². The summed E-state index contributed by atoms with van der Waals surface area (Å²) in [6.07, 6.45) is 8.86. The number of aromatic nitrogens is 6. The maximum Gasteiger partial charge on any atom is 0.259 e. The van der Waals surface area contributed by atoms with Gasteiger partial charge in [0.1, 0.15) is 10.7 Å². The van der Waals surface area contributed by atoms with Crippen molar-refractivity contribution in [1.82, 2.24) is 29.7 Å². The van der Waals surface area contributed by atoms with Gasteiger partial charge in [-0.05, 0) is 67.5 Å². The minimum Gasteiger partial charge on any atom is -0.309 e. The van der Waals surface area contributed by atoms with Gasteiger partial charge in [0, 0.05) is 28.5 Å². The van der Waals surface area contributed by atoms with Crippen molar-refractivity contribution in [3.05, 3.63) is 81.0 Å². The van der Waals surface area contributed by atoms with Gasteiger partial charge >= 0.3 is 0 Å². The number of nitrogens with zero attached hydrogens (tertiary/aromatic N) is 5. The molecule has 0 atom stereocenters. The lowest BCUT2D eigenvalue weighted by Crippen LogP contribution is -2.12. The van der Waals surface area contributed by atoms with Crippen LogP contribution in [0.3, 0.4) is 0 Å². The standard InChI is InChI=1S/C26H24N6OS2/c1-2-16-7-9-18(10-8-16)32-23(17-11-13-27-14-12-17)30-31-26(32)34-15-21-28-24(33)22-19-5-3-4-6-20(19)35-25(22)29-21/h7-14H,2-6,15H2,1H3,(H,28,29,33). The molecule has 4 heterocycles. The van der Waals surface area contributed by atoms with E-state index in [0.717, 1.165) is 58.1 Å². The Bertz CT molecular complexity index is 1550. The summed E-state index contributed by atoms with van der Waals surface area (Å²) in [5.74, 6) is 1.91. The van der Waals surface area contributed by atoms with Crippen molar-refractivity contribution < 1.29 is 0 Å². The fraction of sp³-hybridized carbons (Fsp3) is 0.269. The number of thioether (sulfide) groups is 1. The zero-order valence-electron chi connectivity index (χ0n) is 19.3. The first-order valence-corrected chi connectivity index (χ1v) is 13.6. The van der Waals surface area contributed by atoms with Gasteiger partial charge in [-0.15, -0.1) is 21.5 Å². The molecule has 0 fully saturated rings. The third-order valence-corrected chi connectivity index (χ3v) is 8.51. The molecule has 0 amide bonds. The molecule has 0 radical (unpaired) electrons. The van der Waals surface area contributed by atoms with Crippen molar-refractivity contribution in [2.24, 2.45) is 0 Å². The smallest absolute Gasteiger partial charge is 0.259 e. The number of aromatic amines is 1. The second kappa shape index (κ2) is 9.39. The molecule has 0 saturated carbocycles. The summed E-state index contributed by atoms with van der Waals surface area (Å²) >= 11 is 3.19. The summed E-state index contributed by atoms with van der Waals surface area (Å²) in [7, 11) is 0. The van der Waals surface area contributed by atoms with Crippen molar-refractivity contribution in [3.8, 4) is 17.1 Å². The lowest BCUT2D eigenvalue weighted by Gasteiger charge is -2.11. The molecule has 176 valence electrons. The highest BCUT2D eigenvalue weighted by atomic mass is 32.2. The van der Waals surface area contributed by atoms with Gasteiger partial charge in [-0.2, -0.15) is 0 Å². The Hall–Kier alpha value is -3.30. The van der Waals surface area contributed by atoms with Crippen molar-refractivity contribution in [1.29, 1.82) is 0 Å². The number of hydrogen-bond donors (Lipinski definition) is 1. The minimum atomic E-state index is -0.0286. The van der Waals surface area contributed by atoms with E-state index in [2.05, 4.69) is 55.9 Å². The third-order valence-electron chi connectivity index (χ3n) is 6.39. The van der Waals surface area contributed by atoms with E-state index in [0.29, 0.717) is 11.6 Å². The van der Waals surface area contributed by atoms with Crippen LogP contribution < -0.4 is 5.56 Å². The number of thiophene rings is 1. The van der Waals surface area contributed by atoms with E-state index in [4.69, 9.17) is 4.98 Å². The maximum absolute atomic E-state index is 12.9. The summed E-state index contributed by atoms with van der Waals surface area (Å²) in [5, 5.41) is 10.5. The Labute approximate surface area is 210 Å². The number of pyridine rings is 1. The SMILES string of the molecule is CCc1ccc(-n2c(SCc3nc4sc5c(c4c(=O)[nH]3)CCCC5)nnc2-c2ccncc2)cc1. The highest BCUT2D eigenvalue weighted by Crippen LogP contribution is 2.34. The topological polar surface area (TPSA) is 89.4 Å². The van der Waals surface area contributed by atoms with Crippen molar-refractivity contribution >= 4 is 33.3 Å². The molecule has 9 heteroatoms.